The molecule has 0 aliphatic heterocycles. The van der Waals surface area contributed by atoms with Gasteiger partial charge in [-0.05, 0) is 43.2 Å². The number of rotatable bonds is 13. The minimum atomic E-state index is -0.867. The zero-order valence-corrected chi connectivity index (χ0v) is 18.0. The van der Waals surface area contributed by atoms with Crippen molar-refractivity contribution in [2.45, 2.75) is 84.0 Å². The lowest BCUT2D eigenvalue weighted by Gasteiger charge is -2.18. The number of hydrogen-bond acceptors (Lipinski definition) is 4. The molecule has 0 saturated heterocycles. The lowest BCUT2D eigenvalue weighted by molar-refractivity contribution is 0.284. The first-order valence-electron chi connectivity index (χ1n) is 10.4. The fourth-order valence-corrected chi connectivity index (χ4v) is 4.18. The molecule has 0 saturated carbocycles. The van der Waals surface area contributed by atoms with Gasteiger partial charge in [-0.25, -0.2) is 4.39 Å². The summed E-state index contributed by atoms with van der Waals surface area (Å²) in [6.45, 7) is 6.65. The Morgan fingerprint density at radius 1 is 1.00 bits per heavy atom. The molecule has 0 spiro atoms. The number of ether oxygens (including phenoxy) is 1. The predicted octanol–water partition coefficient (Wildman–Crippen LogP) is 7.24. The van der Waals surface area contributed by atoms with Crippen molar-refractivity contribution in [3.63, 3.8) is 0 Å². The van der Waals surface area contributed by atoms with E-state index in [4.69, 9.17) is 4.74 Å². The summed E-state index contributed by atoms with van der Waals surface area (Å²) in [5.74, 6) is -1.36. The van der Waals surface area contributed by atoms with Gasteiger partial charge in [-0.3, -0.25) is 0 Å². The molecule has 1 aromatic carbocycles. The molecule has 0 aliphatic rings. The monoisotopic (exact) mass is 410 g/mol. The van der Waals surface area contributed by atoms with E-state index in [9.17, 15) is 8.78 Å². The summed E-state index contributed by atoms with van der Waals surface area (Å²) in [5.41, 5.74) is 2.17. The van der Waals surface area contributed by atoms with Gasteiger partial charge in [0.2, 0.25) is 5.82 Å². The van der Waals surface area contributed by atoms with Crippen molar-refractivity contribution in [2.24, 2.45) is 0 Å². The van der Waals surface area contributed by atoms with Gasteiger partial charge in [0.25, 0.3) is 0 Å². The Morgan fingerprint density at radius 3 is 2.50 bits per heavy atom. The highest BCUT2D eigenvalue weighted by atomic mass is 32.1. The van der Waals surface area contributed by atoms with Gasteiger partial charge in [-0.15, -0.1) is 21.5 Å². The Labute approximate surface area is 171 Å². The molecule has 0 N–H and O–H groups in total. The van der Waals surface area contributed by atoms with E-state index >= 15 is 0 Å². The molecule has 0 fully saturated rings. The van der Waals surface area contributed by atoms with Crippen LogP contribution in [-0.4, -0.2) is 16.8 Å². The molecule has 6 heteroatoms. The van der Waals surface area contributed by atoms with Gasteiger partial charge in [0, 0.05) is 5.92 Å². The number of halogens is 2. The van der Waals surface area contributed by atoms with Crippen LogP contribution in [0.3, 0.4) is 0 Å². The van der Waals surface area contributed by atoms with Gasteiger partial charge in [-0.1, -0.05) is 52.5 Å². The fraction of sp³-hybridized carbons (Fsp3) is 0.636. The van der Waals surface area contributed by atoms with E-state index in [-0.39, 0.29) is 11.7 Å². The third-order valence-electron chi connectivity index (χ3n) is 5.17. The molecular formula is C22H32F2N2OS. The van der Waals surface area contributed by atoms with Crippen molar-refractivity contribution in [1.29, 1.82) is 0 Å². The fourth-order valence-electron chi connectivity index (χ4n) is 3.46. The van der Waals surface area contributed by atoms with E-state index < -0.39 is 11.6 Å². The van der Waals surface area contributed by atoms with Gasteiger partial charge in [-0.2, -0.15) is 4.39 Å². The third kappa shape index (κ3) is 6.50. The van der Waals surface area contributed by atoms with Crippen molar-refractivity contribution >= 4 is 11.3 Å². The quantitative estimate of drug-likeness (QED) is 0.326. The minimum Gasteiger partial charge on any atom is -0.490 e. The molecule has 2 rings (SSSR count). The van der Waals surface area contributed by atoms with Crippen LogP contribution in [0.25, 0.3) is 0 Å². The van der Waals surface area contributed by atoms with Crippen LogP contribution in [0.15, 0.2) is 17.6 Å². The Kier molecular flexibility index (Phi) is 9.82. The van der Waals surface area contributed by atoms with Crippen LogP contribution in [0, 0.1) is 11.6 Å². The maximum atomic E-state index is 14.6. The van der Waals surface area contributed by atoms with Crippen molar-refractivity contribution in [3.05, 3.63) is 39.8 Å². The summed E-state index contributed by atoms with van der Waals surface area (Å²) < 4.78 is 34.5. The van der Waals surface area contributed by atoms with Gasteiger partial charge >= 0.3 is 0 Å². The molecule has 0 radical (unpaired) electrons. The molecule has 3 nitrogen and oxygen atoms in total. The van der Waals surface area contributed by atoms with Crippen LogP contribution >= 0.6 is 11.3 Å². The van der Waals surface area contributed by atoms with Crippen molar-refractivity contribution < 1.29 is 13.5 Å². The number of benzene rings is 1. The van der Waals surface area contributed by atoms with Gasteiger partial charge < -0.3 is 4.74 Å². The lowest BCUT2D eigenvalue weighted by Crippen LogP contribution is -2.06. The smallest absolute Gasteiger partial charge is 0.200 e. The maximum absolute atomic E-state index is 14.6. The van der Waals surface area contributed by atoms with Crippen LogP contribution in [-0.2, 0) is 0 Å². The SMILES string of the molecule is CCCCCCOc1ccc(C(C)CCC(CCC)c2nncs2)c(F)c1F. The van der Waals surface area contributed by atoms with E-state index in [2.05, 4.69) is 24.0 Å². The molecule has 0 amide bonds. The third-order valence-corrected chi connectivity index (χ3v) is 6.03. The molecule has 2 aromatic rings. The van der Waals surface area contributed by atoms with Crippen molar-refractivity contribution in [2.75, 3.05) is 6.61 Å². The van der Waals surface area contributed by atoms with Crippen LogP contribution in [0.2, 0.25) is 0 Å². The molecule has 0 aliphatic carbocycles. The van der Waals surface area contributed by atoms with E-state index in [0.717, 1.165) is 56.4 Å². The molecule has 1 aromatic heterocycles. The van der Waals surface area contributed by atoms with Crippen molar-refractivity contribution in [1.82, 2.24) is 10.2 Å². The highest BCUT2D eigenvalue weighted by molar-refractivity contribution is 7.09. The second kappa shape index (κ2) is 12.1. The average molecular weight is 411 g/mol. The first kappa shape index (κ1) is 22.7. The molecule has 0 bridgehead atoms. The minimum absolute atomic E-state index is 0.0164. The van der Waals surface area contributed by atoms with Gasteiger partial charge in [0.1, 0.15) is 10.5 Å². The summed E-state index contributed by atoms with van der Waals surface area (Å²) >= 11 is 1.57. The molecule has 1 heterocycles. The molecule has 2 unspecified atom stereocenters. The van der Waals surface area contributed by atoms with E-state index in [1.54, 1.807) is 29.0 Å². The summed E-state index contributed by atoms with van der Waals surface area (Å²) in [7, 11) is 0. The summed E-state index contributed by atoms with van der Waals surface area (Å²) in [6.07, 6.45) is 7.93. The highest BCUT2D eigenvalue weighted by Gasteiger charge is 2.21. The molecule has 2 atom stereocenters. The first-order valence-corrected chi connectivity index (χ1v) is 11.3. The van der Waals surface area contributed by atoms with E-state index in [1.807, 2.05) is 6.92 Å². The highest BCUT2D eigenvalue weighted by Crippen LogP contribution is 2.34. The average Bonchev–Trinajstić information content (AvgIpc) is 3.22. The number of nitrogens with zero attached hydrogens (tertiary/aromatic N) is 2. The van der Waals surface area contributed by atoms with E-state index in [1.165, 1.54) is 0 Å². The van der Waals surface area contributed by atoms with Crippen LogP contribution in [0.1, 0.15) is 94.5 Å². The normalized spacial score (nSPS) is 13.5. The molecular weight excluding hydrogens is 378 g/mol. The topological polar surface area (TPSA) is 35.0 Å². The van der Waals surface area contributed by atoms with Crippen LogP contribution < -0.4 is 4.74 Å². The number of unbranched alkanes of at least 4 members (excludes halogenated alkanes) is 3. The Morgan fingerprint density at radius 2 is 1.82 bits per heavy atom. The Hall–Kier alpha value is -1.56. The summed E-state index contributed by atoms with van der Waals surface area (Å²) in [5, 5.41) is 9.16. The zero-order valence-electron chi connectivity index (χ0n) is 17.2. The number of aromatic nitrogens is 2. The predicted molar refractivity (Wildman–Crippen MR) is 111 cm³/mol. The Balaban J connectivity index is 1.95. The molecule has 156 valence electrons. The maximum Gasteiger partial charge on any atom is 0.200 e. The zero-order chi connectivity index (χ0) is 20.4. The largest absolute Gasteiger partial charge is 0.490 e. The summed E-state index contributed by atoms with van der Waals surface area (Å²) in [6, 6.07) is 3.24. The first-order chi connectivity index (χ1) is 13.6. The molecule has 28 heavy (non-hydrogen) atoms. The van der Waals surface area contributed by atoms with Crippen LogP contribution in [0.5, 0.6) is 5.75 Å². The van der Waals surface area contributed by atoms with Gasteiger partial charge in [0.05, 0.1) is 6.61 Å². The Bertz CT molecular complexity index is 694. The van der Waals surface area contributed by atoms with E-state index in [0.29, 0.717) is 18.1 Å². The van der Waals surface area contributed by atoms with Gasteiger partial charge in [0.15, 0.2) is 11.6 Å². The summed E-state index contributed by atoms with van der Waals surface area (Å²) in [4.78, 5) is 0. The second-order valence-corrected chi connectivity index (χ2v) is 8.30. The number of hydrogen-bond donors (Lipinski definition) is 0. The lowest BCUT2D eigenvalue weighted by atomic mass is 9.89. The standard InChI is InChI=1S/C22H32F2N2OS/c1-4-6-7-8-14-27-19-13-12-18(20(23)21(19)24)16(3)10-11-17(9-5-2)22-26-25-15-28-22/h12-13,15-17H,4-11,14H2,1-3H3. The second-order valence-electron chi connectivity index (χ2n) is 7.43. The van der Waals surface area contributed by atoms with Crippen LogP contribution in [0.4, 0.5) is 8.78 Å². The van der Waals surface area contributed by atoms with Crippen molar-refractivity contribution in [3.8, 4) is 5.75 Å².